The van der Waals surface area contributed by atoms with Gasteiger partial charge in [-0.15, -0.1) is 0 Å². The highest BCUT2D eigenvalue weighted by molar-refractivity contribution is 5.94. The Balaban J connectivity index is 1.51. The Morgan fingerprint density at radius 1 is 1.03 bits per heavy atom. The summed E-state index contributed by atoms with van der Waals surface area (Å²) in [4.78, 5) is 67.7. The molecule has 37 heavy (non-hydrogen) atoms. The fourth-order valence-electron chi connectivity index (χ4n) is 5.41. The van der Waals surface area contributed by atoms with Crippen LogP contribution in [0.25, 0.3) is 22.3 Å². The average Bonchev–Trinajstić information content (AvgIpc) is 3.24. The number of para-hydroxylation sites is 1. The van der Waals surface area contributed by atoms with Crippen LogP contribution >= 0.6 is 0 Å². The fraction of sp³-hybridized carbons (Fsp3) is 0.379. The molecule has 8 nitrogen and oxygen atoms in total. The summed E-state index contributed by atoms with van der Waals surface area (Å²) in [6.45, 7) is 3.56. The van der Waals surface area contributed by atoms with E-state index in [4.69, 9.17) is 9.72 Å². The highest BCUT2D eigenvalue weighted by atomic mass is 16.6. The van der Waals surface area contributed by atoms with Gasteiger partial charge < -0.3 is 14.1 Å². The highest BCUT2D eigenvalue weighted by Crippen LogP contribution is 2.41. The molecular weight excluding hydrogens is 472 g/mol. The van der Waals surface area contributed by atoms with Crippen molar-refractivity contribution in [3.05, 3.63) is 63.4 Å². The number of rotatable bonds is 8. The number of fused-ring (bicyclic) bond motifs is 5. The van der Waals surface area contributed by atoms with Gasteiger partial charge in [0.1, 0.15) is 11.6 Å². The van der Waals surface area contributed by atoms with Gasteiger partial charge in [-0.3, -0.25) is 19.2 Å². The molecule has 1 aliphatic heterocycles. The molecule has 0 bridgehead atoms. The predicted molar refractivity (Wildman–Crippen MR) is 136 cm³/mol. The smallest absolute Gasteiger partial charge is 0.307 e. The fourth-order valence-corrected chi connectivity index (χ4v) is 5.41. The number of pyridine rings is 2. The molecule has 2 aliphatic rings. The monoisotopic (exact) mass is 500 g/mol. The van der Waals surface area contributed by atoms with Gasteiger partial charge in [-0.2, -0.15) is 0 Å². The minimum Gasteiger partial charge on any atom is -0.446 e. The van der Waals surface area contributed by atoms with E-state index in [1.807, 2.05) is 30.3 Å². The van der Waals surface area contributed by atoms with Crippen LogP contribution in [0.3, 0.4) is 0 Å². The zero-order valence-electron chi connectivity index (χ0n) is 21.0. The molecule has 5 rings (SSSR count). The van der Waals surface area contributed by atoms with Crippen LogP contribution in [0, 0.1) is 0 Å². The van der Waals surface area contributed by atoms with Gasteiger partial charge in [0.15, 0.2) is 11.4 Å². The summed E-state index contributed by atoms with van der Waals surface area (Å²) in [6.07, 6.45) is 0.498. The molecule has 1 aromatic carbocycles. The zero-order valence-corrected chi connectivity index (χ0v) is 21.0. The maximum absolute atomic E-state index is 13.6. The van der Waals surface area contributed by atoms with Gasteiger partial charge in [-0.25, -0.2) is 4.98 Å². The quantitative estimate of drug-likeness (QED) is 0.338. The average molecular weight is 501 g/mol. The standard InChI is InChI=1S/C29H28N2O6/c1-3-29(37-26(35)13-10-20(33)9-8-17(2)32)22-15-24-27-19(14-18-6-4-5-7-23(18)30-27)16-31(24)28(36)21(22)11-12-25(29)34/h4-7,14-15H,3,8-13,16H2,1-2H3/t29-/m0/s1. The van der Waals surface area contributed by atoms with Crippen molar-refractivity contribution in [1.82, 2.24) is 9.55 Å². The van der Waals surface area contributed by atoms with Crippen molar-refractivity contribution in [1.29, 1.82) is 0 Å². The van der Waals surface area contributed by atoms with Crippen LogP contribution in [0.4, 0.5) is 0 Å². The number of nitrogens with zero attached hydrogens (tertiary/aromatic N) is 2. The number of carbonyl (C=O) groups excluding carboxylic acids is 4. The van der Waals surface area contributed by atoms with Crippen LogP contribution in [0.1, 0.15) is 69.1 Å². The molecule has 1 aliphatic carbocycles. The molecule has 0 saturated heterocycles. The van der Waals surface area contributed by atoms with Gasteiger partial charge in [-0.1, -0.05) is 25.1 Å². The number of benzene rings is 1. The SMILES string of the molecule is CC[C@@]1(OC(=O)CCC(=O)CCC(C)=O)C(=O)CCc2c1cc1n(c2=O)Cc2cc3ccccc3nc2-1. The van der Waals surface area contributed by atoms with E-state index in [1.165, 1.54) is 6.92 Å². The lowest BCUT2D eigenvalue weighted by molar-refractivity contribution is -0.171. The van der Waals surface area contributed by atoms with Crippen molar-refractivity contribution >= 4 is 34.2 Å². The van der Waals surface area contributed by atoms with Gasteiger partial charge in [0.2, 0.25) is 0 Å². The van der Waals surface area contributed by atoms with Crippen LogP contribution in [-0.4, -0.2) is 32.9 Å². The van der Waals surface area contributed by atoms with E-state index in [1.54, 1.807) is 17.6 Å². The summed E-state index contributed by atoms with van der Waals surface area (Å²) in [5, 5.41) is 0.983. The van der Waals surface area contributed by atoms with E-state index in [2.05, 4.69) is 0 Å². The lowest BCUT2D eigenvalue weighted by Gasteiger charge is -2.36. The summed E-state index contributed by atoms with van der Waals surface area (Å²) in [5.41, 5.74) is 2.13. The topological polar surface area (TPSA) is 112 Å². The number of hydrogen-bond acceptors (Lipinski definition) is 7. The Bertz CT molecular complexity index is 1540. The van der Waals surface area contributed by atoms with E-state index >= 15 is 0 Å². The molecular formula is C29H28N2O6. The van der Waals surface area contributed by atoms with Crippen molar-refractivity contribution < 1.29 is 23.9 Å². The Morgan fingerprint density at radius 2 is 1.78 bits per heavy atom. The third kappa shape index (κ3) is 4.30. The van der Waals surface area contributed by atoms with E-state index < -0.39 is 11.6 Å². The molecule has 2 aromatic heterocycles. The molecule has 0 N–H and O–H groups in total. The first kappa shape index (κ1) is 24.7. The largest absolute Gasteiger partial charge is 0.446 e. The van der Waals surface area contributed by atoms with Gasteiger partial charge in [0.05, 0.1) is 29.9 Å². The Hall–Kier alpha value is -3.94. The lowest BCUT2D eigenvalue weighted by Crippen LogP contribution is -2.46. The number of ketones is 3. The second-order valence-corrected chi connectivity index (χ2v) is 9.82. The van der Waals surface area contributed by atoms with Gasteiger partial charge in [-0.05, 0) is 38.0 Å². The number of esters is 1. The molecule has 0 fully saturated rings. The van der Waals surface area contributed by atoms with E-state index in [0.29, 0.717) is 29.1 Å². The molecule has 0 amide bonds. The molecule has 8 heteroatoms. The van der Waals surface area contributed by atoms with Crippen molar-refractivity contribution in [2.75, 3.05) is 0 Å². The highest BCUT2D eigenvalue weighted by Gasteiger charge is 2.48. The van der Waals surface area contributed by atoms with Crippen LogP contribution in [0.2, 0.25) is 0 Å². The Labute approximate surface area is 213 Å². The molecule has 3 heterocycles. The van der Waals surface area contributed by atoms with Crippen LogP contribution in [0.15, 0.2) is 41.2 Å². The molecule has 0 unspecified atom stereocenters. The zero-order chi connectivity index (χ0) is 26.3. The third-order valence-corrected chi connectivity index (χ3v) is 7.41. The maximum Gasteiger partial charge on any atom is 0.307 e. The molecule has 0 radical (unpaired) electrons. The second-order valence-electron chi connectivity index (χ2n) is 9.82. The number of Topliss-reactive ketones (excluding diaryl/α,β-unsaturated/α-hetero) is 3. The third-order valence-electron chi connectivity index (χ3n) is 7.41. The van der Waals surface area contributed by atoms with Gasteiger partial charge >= 0.3 is 5.97 Å². The minimum absolute atomic E-state index is 0.0653. The molecule has 190 valence electrons. The summed E-state index contributed by atoms with van der Waals surface area (Å²) in [6, 6.07) is 11.6. The van der Waals surface area contributed by atoms with Gasteiger partial charge in [0, 0.05) is 47.8 Å². The van der Waals surface area contributed by atoms with Crippen molar-refractivity contribution in [3.63, 3.8) is 0 Å². The first-order valence-electron chi connectivity index (χ1n) is 12.7. The number of hydrogen-bond donors (Lipinski definition) is 0. The van der Waals surface area contributed by atoms with Crippen LogP contribution < -0.4 is 5.56 Å². The summed E-state index contributed by atoms with van der Waals surface area (Å²) >= 11 is 0. The number of ether oxygens (including phenoxy) is 1. The van der Waals surface area contributed by atoms with E-state index in [0.717, 1.165) is 16.5 Å². The molecule has 0 saturated carbocycles. The molecule has 1 atom stereocenters. The summed E-state index contributed by atoms with van der Waals surface area (Å²) in [7, 11) is 0. The van der Waals surface area contributed by atoms with E-state index in [-0.39, 0.29) is 67.9 Å². The summed E-state index contributed by atoms with van der Waals surface area (Å²) in [5.74, 6) is -1.23. The van der Waals surface area contributed by atoms with Crippen molar-refractivity contribution in [2.24, 2.45) is 0 Å². The second kappa shape index (κ2) is 9.50. The Morgan fingerprint density at radius 3 is 2.54 bits per heavy atom. The van der Waals surface area contributed by atoms with E-state index in [9.17, 15) is 24.0 Å². The minimum atomic E-state index is -1.58. The molecule has 0 spiro atoms. The van der Waals surface area contributed by atoms with Crippen molar-refractivity contribution in [2.45, 2.75) is 70.9 Å². The van der Waals surface area contributed by atoms with Crippen molar-refractivity contribution in [3.8, 4) is 11.4 Å². The first-order chi connectivity index (χ1) is 17.7. The first-order valence-corrected chi connectivity index (χ1v) is 12.7. The number of carbonyl (C=O) groups is 4. The normalized spacial score (nSPS) is 17.7. The maximum atomic E-state index is 13.6. The summed E-state index contributed by atoms with van der Waals surface area (Å²) < 4.78 is 7.52. The lowest BCUT2D eigenvalue weighted by atomic mass is 9.76. The van der Waals surface area contributed by atoms with Crippen LogP contribution in [0.5, 0.6) is 0 Å². The molecule has 3 aromatic rings. The van der Waals surface area contributed by atoms with Gasteiger partial charge in [0.25, 0.3) is 5.56 Å². The predicted octanol–water partition coefficient (Wildman–Crippen LogP) is 3.81. The number of aromatic nitrogens is 2. The Kier molecular flexibility index (Phi) is 6.35. The van der Waals surface area contributed by atoms with Crippen LogP contribution in [-0.2, 0) is 42.5 Å².